The van der Waals surface area contributed by atoms with Crippen molar-refractivity contribution in [2.75, 3.05) is 11.9 Å². The lowest BCUT2D eigenvalue weighted by Gasteiger charge is -2.09. The number of hydrogen-bond acceptors (Lipinski definition) is 4. The molecule has 6 heteroatoms. The number of anilines is 1. The molecular formula is C15H17N3O3. The van der Waals surface area contributed by atoms with Gasteiger partial charge in [0.25, 0.3) is 11.2 Å². The highest BCUT2D eigenvalue weighted by atomic mass is 16.6. The first-order valence-corrected chi connectivity index (χ1v) is 6.69. The molecule has 0 bridgehead atoms. The number of rotatable bonds is 5. The Morgan fingerprint density at radius 2 is 2.05 bits per heavy atom. The molecule has 21 heavy (non-hydrogen) atoms. The number of aromatic nitrogens is 1. The van der Waals surface area contributed by atoms with Crippen molar-refractivity contribution in [3.05, 3.63) is 68.1 Å². The van der Waals surface area contributed by atoms with Gasteiger partial charge in [0, 0.05) is 24.9 Å². The van der Waals surface area contributed by atoms with Gasteiger partial charge in [0.2, 0.25) is 0 Å². The fourth-order valence-corrected chi connectivity index (χ4v) is 2.10. The molecule has 0 atom stereocenters. The molecule has 6 nitrogen and oxygen atoms in total. The van der Waals surface area contributed by atoms with Crippen molar-refractivity contribution >= 4 is 11.4 Å². The molecule has 2 rings (SSSR count). The quantitative estimate of drug-likeness (QED) is 0.677. The molecule has 0 unspecified atom stereocenters. The van der Waals surface area contributed by atoms with E-state index in [9.17, 15) is 14.9 Å². The third-order valence-electron chi connectivity index (χ3n) is 3.13. The Kier molecular flexibility index (Phi) is 4.37. The van der Waals surface area contributed by atoms with Gasteiger partial charge in [-0.2, -0.15) is 0 Å². The topological polar surface area (TPSA) is 77.2 Å². The maximum Gasteiger partial charge on any atom is 0.292 e. The van der Waals surface area contributed by atoms with E-state index in [0.717, 1.165) is 5.56 Å². The van der Waals surface area contributed by atoms with Gasteiger partial charge in [0.05, 0.1) is 11.5 Å². The maximum atomic E-state index is 11.8. The minimum atomic E-state index is -0.417. The van der Waals surface area contributed by atoms with E-state index in [1.807, 2.05) is 19.9 Å². The average Bonchev–Trinajstić information content (AvgIpc) is 2.43. The molecule has 1 heterocycles. The highest BCUT2D eigenvalue weighted by Gasteiger charge is 2.14. The van der Waals surface area contributed by atoms with Crippen LogP contribution < -0.4 is 10.9 Å². The Labute approximate surface area is 122 Å². The van der Waals surface area contributed by atoms with Gasteiger partial charge in [-0.1, -0.05) is 6.07 Å². The molecule has 0 fully saturated rings. The van der Waals surface area contributed by atoms with Crippen LogP contribution in [0.25, 0.3) is 0 Å². The second kappa shape index (κ2) is 6.21. The number of nitro groups is 1. The molecule has 110 valence electrons. The zero-order chi connectivity index (χ0) is 15.4. The summed E-state index contributed by atoms with van der Waals surface area (Å²) in [5.74, 6) is 0. The average molecular weight is 287 g/mol. The molecule has 0 saturated carbocycles. The first kappa shape index (κ1) is 14.8. The predicted molar refractivity (Wildman–Crippen MR) is 81.8 cm³/mol. The summed E-state index contributed by atoms with van der Waals surface area (Å²) < 4.78 is 1.53. The number of hydrogen-bond donors (Lipinski definition) is 1. The van der Waals surface area contributed by atoms with Crippen LogP contribution in [0.15, 0.2) is 41.3 Å². The molecule has 0 radical (unpaired) electrons. The van der Waals surface area contributed by atoms with Gasteiger partial charge in [0.1, 0.15) is 5.69 Å². The number of nitrogens with zero attached hydrogens (tertiary/aromatic N) is 2. The summed E-state index contributed by atoms with van der Waals surface area (Å²) in [7, 11) is 0. The minimum Gasteiger partial charge on any atom is -0.380 e. The van der Waals surface area contributed by atoms with E-state index in [1.165, 1.54) is 10.6 Å². The van der Waals surface area contributed by atoms with Crippen LogP contribution in [0.3, 0.4) is 0 Å². The van der Waals surface area contributed by atoms with Crippen LogP contribution in [-0.2, 0) is 6.54 Å². The predicted octanol–water partition coefficient (Wildman–Crippen LogP) is 2.55. The third kappa shape index (κ3) is 3.47. The lowest BCUT2D eigenvalue weighted by Crippen LogP contribution is -2.19. The van der Waals surface area contributed by atoms with E-state index in [4.69, 9.17) is 0 Å². The summed E-state index contributed by atoms with van der Waals surface area (Å²) in [6.45, 7) is 4.65. The van der Waals surface area contributed by atoms with Gasteiger partial charge >= 0.3 is 0 Å². The van der Waals surface area contributed by atoms with Gasteiger partial charge in [0.15, 0.2) is 0 Å². The van der Waals surface area contributed by atoms with Crippen LogP contribution in [0.2, 0.25) is 0 Å². The van der Waals surface area contributed by atoms with Crippen LogP contribution in [0.5, 0.6) is 0 Å². The van der Waals surface area contributed by atoms with E-state index >= 15 is 0 Å². The second-order valence-electron chi connectivity index (χ2n) is 4.81. The summed E-state index contributed by atoms with van der Waals surface area (Å²) in [4.78, 5) is 22.5. The van der Waals surface area contributed by atoms with Crippen LogP contribution >= 0.6 is 0 Å². The van der Waals surface area contributed by atoms with Crippen molar-refractivity contribution in [3.8, 4) is 0 Å². The maximum absolute atomic E-state index is 11.8. The largest absolute Gasteiger partial charge is 0.380 e. The third-order valence-corrected chi connectivity index (χ3v) is 3.13. The molecule has 0 aliphatic rings. The standard InChI is InChI=1S/C15H17N3O3/c1-3-16-13-5-4-12(9-14(13)18(20)21)10-17-7-6-11(2)8-15(17)19/h4-9,16H,3,10H2,1-2H3. The smallest absolute Gasteiger partial charge is 0.292 e. The monoisotopic (exact) mass is 287 g/mol. The van der Waals surface area contributed by atoms with Crippen molar-refractivity contribution in [1.82, 2.24) is 4.57 Å². The highest BCUT2D eigenvalue weighted by molar-refractivity contribution is 5.62. The van der Waals surface area contributed by atoms with E-state index in [2.05, 4.69) is 5.32 Å². The minimum absolute atomic E-state index is 0.0227. The van der Waals surface area contributed by atoms with Crippen molar-refractivity contribution < 1.29 is 4.92 Å². The summed E-state index contributed by atoms with van der Waals surface area (Å²) in [5.41, 5.74) is 2.00. The summed E-state index contributed by atoms with van der Waals surface area (Å²) in [6.07, 6.45) is 1.70. The van der Waals surface area contributed by atoms with E-state index < -0.39 is 4.92 Å². The molecule has 0 spiro atoms. The van der Waals surface area contributed by atoms with Crippen molar-refractivity contribution in [2.45, 2.75) is 20.4 Å². The number of benzene rings is 1. The first-order chi connectivity index (χ1) is 10.0. The molecule has 2 aromatic rings. The number of pyridine rings is 1. The SMILES string of the molecule is CCNc1ccc(Cn2ccc(C)cc2=O)cc1[N+](=O)[O-]. The van der Waals surface area contributed by atoms with Crippen LogP contribution in [-0.4, -0.2) is 16.0 Å². The van der Waals surface area contributed by atoms with Crippen LogP contribution in [0.1, 0.15) is 18.1 Å². The Balaban J connectivity index is 2.34. The van der Waals surface area contributed by atoms with Gasteiger partial charge in [-0.15, -0.1) is 0 Å². The fraction of sp³-hybridized carbons (Fsp3) is 0.267. The summed E-state index contributed by atoms with van der Waals surface area (Å²) in [6, 6.07) is 8.35. The van der Waals surface area contributed by atoms with Gasteiger partial charge in [-0.05, 0) is 37.1 Å². The van der Waals surface area contributed by atoms with Gasteiger partial charge < -0.3 is 9.88 Å². The Bertz CT molecular complexity index is 722. The van der Waals surface area contributed by atoms with Gasteiger partial charge in [-0.25, -0.2) is 0 Å². The normalized spacial score (nSPS) is 10.4. The molecular weight excluding hydrogens is 270 g/mol. The summed E-state index contributed by atoms with van der Waals surface area (Å²) >= 11 is 0. The molecule has 1 aromatic heterocycles. The molecule has 0 saturated heterocycles. The van der Waals surface area contributed by atoms with E-state index in [1.54, 1.807) is 24.4 Å². The fourth-order valence-electron chi connectivity index (χ4n) is 2.10. The van der Waals surface area contributed by atoms with E-state index in [0.29, 0.717) is 24.3 Å². The summed E-state index contributed by atoms with van der Waals surface area (Å²) in [5, 5.41) is 14.1. The molecule has 0 amide bonds. The Morgan fingerprint density at radius 3 is 2.67 bits per heavy atom. The molecule has 0 aliphatic carbocycles. The van der Waals surface area contributed by atoms with Gasteiger partial charge in [-0.3, -0.25) is 14.9 Å². The zero-order valence-electron chi connectivity index (χ0n) is 12.0. The first-order valence-electron chi connectivity index (χ1n) is 6.69. The van der Waals surface area contributed by atoms with Crippen LogP contribution in [0, 0.1) is 17.0 Å². The lowest BCUT2D eigenvalue weighted by atomic mass is 10.1. The van der Waals surface area contributed by atoms with Crippen LogP contribution in [0.4, 0.5) is 11.4 Å². The van der Waals surface area contributed by atoms with Crippen molar-refractivity contribution in [2.24, 2.45) is 0 Å². The number of aryl methyl sites for hydroxylation is 1. The number of nitrogens with one attached hydrogen (secondary N) is 1. The zero-order valence-corrected chi connectivity index (χ0v) is 12.0. The van der Waals surface area contributed by atoms with Crippen molar-refractivity contribution in [1.29, 1.82) is 0 Å². The second-order valence-corrected chi connectivity index (χ2v) is 4.81. The van der Waals surface area contributed by atoms with Crippen molar-refractivity contribution in [3.63, 3.8) is 0 Å². The number of nitro benzene ring substituents is 1. The molecule has 1 aromatic carbocycles. The Morgan fingerprint density at radius 1 is 1.29 bits per heavy atom. The Hall–Kier alpha value is -2.63. The highest BCUT2D eigenvalue weighted by Crippen LogP contribution is 2.25. The van der Waals surface area contributed by atoms with E-state index in [-0.39, 0.29) is 11.2 Å². The molecule has 0 aliphatic heterocycles. The molecule has 1 N–H and O–H groups in total. The lowest BCUT2D eigenvalue weighted by molar-refractivity contribution is -0.384.